The molecular weight excluding hydrogens is 282 g/mol. The number of hydrogen-bond donors (Lipinski definition) is 1. The van der Waals surface area contributed by atoms with Crippen LogP contribution in [0, 0.1) is 13.8 Å². The number of anilines is 1. The fourth-order valence-electron chi connectivity index (χ4n) is 2.43. The summed E-state index contributed by atoms with van der Waals surface area (Å²) in [5.74, 6) is 1.57. The van der Waals surface area contributed by atoms with Gasteiger partial charge in [-0.3, -0.25) is 0 Å². The van der Waals surface area contributed by atoms with Crippen LogP contribution in [0.15, 0.2) is 29.8 Å². The summed E-state index contributed by atoms with van der Waals surface area (Å²) in [4.78, 5) is 8.85. The van der Waals surface area contributed by atoms with E-state index >= 15 is 0 Å². The van der Waals surface area contributed by atoms with Crippen molar-refractivity contribution in [1.29, 1.82) is 0 Å². The zero-order valence-electron chi connectivity index (χ0n) is 11.2. The first kappa shape index (κ1) is 13.8. The Labute approximate surface area is 127 Å². The Balaban J connectivity index is 0.00000132. The van der Waals surface area contributed by atoms with Gasteiger partial charge in [0, 0.05) is 17.1 Å². The summed E-state index contributed by atoms with van der Waals surface area (Å²) in [6.07, 6.45) is 1.83. The third kappa shape index (κ3) is 2.12. The number of thiazole rings is 1. The molecule has 0 spiro atoms. The van der Waals surface area contributed by atoms with Gasteiger partial charge in [-0.05, 0) is 19.4 Å². The van der Waals surface area contributed by atoms with E-state index in [0.717, 1.165) is 22.3 Å². The number of fused-ring (bicyclic) bond motifs is 1. The average Bonchev–Trinajstić information content (AvgIpc) is 3.01. The van der Waals surface area contributed by atoms with Crippen LogP contribution in [0.4, 0.5) is 5.95 Å². The van der Waals surface area contributed by atoms with E-state index in [9.17, 15) is 0 Å². The van der Waals surface area contributed by atoms with E-state index < -0.39 is 0 Å². The summed E-state index contributed by atoms with van der Waals surface area (Å²) in [6.45, 7) is 4.18. The van der Waals surface area contributed by atoms with Gasteiger partial charge >= 0.3 is 0 Å². The highest BCUT2D eigenvalue weighted by Crippen LogP contribution is 2.34. The molecule has 21 heavy (non-hydrogen) atoms. The molecule has 0 saturated carbocycles. The first-order valence-electron chi connectivity index (χ1n) is 6.42. The van der Waals surface area contributed by atoms with Crippen LogP contribution in [0.2, 0.25) is 0 Å². The van der Waals surface area contributed by atoms with Crippen molar-refractivity contribution in [2.24, 2.45) is 0 Å². The van der Waals surface area contributed by atoms with Crippen LogP contribution in [0.25, 0.3) is 11.4 Å². The minimum atomic E-state index is 0. The van der Waals surface area contributed by atoms with Crippen LogP contribution in [-0.4, -0.2) is 19.7 Å². The Kier molecular flexibility index (Phi) is 3.25. The lowest BCUT2D eigenvalue weighted by atomic mass is 10.1. The standard InChI is InChI=1S/C14H13N5S.CH4/c1-8-3-4-10(9(2)7-8)11-16-14-17-12(19(14)18-11)13-15-5-6-20-13;/h3-7,12H,1-2H3,(H,16,17,18);1H4. The Morgan fingerprint density at radius 1 is 1.29 bits per heavy atom. The zero-order chi connectivity index (χ0) is 13.7. The highest BCUT2D eigenvalue weighted by atomic mass is 32.1. The summed E-state index contributed by atoms with van der Waals surface area (Å²) >= 11 is 1.62. The summed E-state index contributed by atoms with van der Waals surface area (Å²) < 4.78 is 1.90. The predicted octanol–water partition coefficient (Wildman–Crippen LogP) is 3.63. The van der Waals surface area contributed by atoms with Gasteiger partial charge in [-0.1, -0.05) is 31.2 Å². The van der Waals surface area contributed by atoms with Crippen LogP contribution in [0.3, 0.4) is 0 Å². The zero-order valence-corrected chi connectivity index (χ0v) is 12.0. The molecule has 1 aliphatic heterocycles. The van der Waals surface area contributed by atoms with Gasteiger partial charge < -0.3 is 5.32 Å². The number of nitrogens with zero attached hydrogens (tertiary/aromatic N) is 4. The Bertz CT molecular complexity index is 775. The van der Waals surface area contributed by atoms with Crippen LogP contribution in [-0.2, 0) is 0 Å². The molecule has 0 saturated heterocycles. The lowest BCUT2D eigenvalue weighted by molar-refractivity contribution is 0.508. The summed E-state index contributed by atoms with van der Waals surface area (Å²) in [7, 11) is 0. The lowest BCUT2D eigenvalue weighted by Gasteiger charge is -2.26. The van der Waals surface area contributed by atoms with Gasteiger partial charge in [0.1, 0.15) is 5.01 Å². The molecule has 1 aromatic carbocycles. The van der Waals surface area contributed by atoms with Gasteiger partial charge in [-0.15, -0.1) is 16.4 Å². The second-order valence-corrected chi connectivity index (χ2v) is 5.87. The van der Waals surface area contributed by atoms with Gasteiger partial charge in [-0.25, -0.2) is 9.67 Å². The second-order valence-electron chi connectivity index (χ2n) is 4.94. The fourth-order valence-corrected chi connectivity index (χ4v) is 3.10. The number of hydrogen-bond acceptors (Lipinski definition) is 5. The van der Waals surface area contributed by atoms with Crippen molar-refractivity contribution < 1.29 is 0 Å². The maximum atomic E-state index is 4.60. The largest absolute Gasteiger partial charge is 0.327 e. The van der Waals surface area contributed by atoms with Gasteiger partial charge in [0.25, 0.3) is 0 Å². The summed E-state index contributed by atoms with van der Waals surface area (Å²) in [5, 5.41) is 10.9. The molecular formula is C15H17N5S. The fraction of sp³-hybridized carbons (Fsp3) is 0.267. The van der Waals surface area contributed by atoms with Gasteiger partial charge in [0.2, 0.25) is 5.95 Å². The van der Waals surface area contributed by atoms with Crippen LogP contribution in [0.1, 0.15) is 29.7 Å². The van der Waals surface area contributed by atoms with Crippen molar-refractivity contribution in [2.45, 2.75) is 27.4 Å². The molecule has 0 amide bonds. The van der Waals surface area contributed by atoms with Gasteiger partial charge in [0.15, 0.2) is 12.0 Å². The maximum Gasteiger partial charge on any atom is 0.226 e. The molecule has 0 bridgehead atoms. The molecule has 4 rings (SSSR count). The van der Waals surface area contributed by atoms with E-state index in [-0.39, 0.29) is 13.6 Å². The van der Waals surface area contributed by atoms with E-state index in [4.69, 9.17) is 0 Å². The average molecular weight is 299 g/mol. The van der Waals surface area contributed by atoms with E-state index in [1.807, 2.05) is 16.3 Å². The highest BCUT2D eigenvalue weighted by molar-refractivity contribution is 7.09. The minimum absolute atomic E-state index is 0. The number of aromatic nitrogens is 4. The van der Waals surface area contributed by atoms with Crippen molar-refractivity contribution in [3.63, 3.8) is 0 Å². The third-order valence-corrected chi connectivity index (χ3v) is 4.28. The maximum absolute atomic E-state index is 4.60. The molecule has 0 aliphatic carbocycles. The molecule has 108 valence electrons. The molecule has 1 aliphatic rings. The van der Waals surface area contributed by atoms with Crippen LogP contribution in [0.5, 0.6) is 0 Å². The molecule has 1 atom stereocenters. The number of aryl methyl sites for hydroxylation is 2. The monoisotopic (exact) mass is 299 g/mol. The van der Waals surface area contributed by atoms with Crippen molar-refractivity contribution in [1.82, 2.24) is 19.7 Å². The quantitative estimate of drug-likeness (QED) is 0.785. The van der Waals surface area contributed by atoms with Crippen molar-refractivity contribution >= 4 is 17.3 Å². The molecule has 0 fully saturated rings. The number of nitrogens with one attached hydrogen (secondary N) is 1. The van der Waals surface area contributed by atoms with Gasteiger partial charge in [0.05, 0.1) is 0 Å². The van der Waals surface area contributed by atoms with Crippen molar-refractivity contribution in [2.75, 3.05) is 5.32 Å². The third-order valence-electron chi connectivity index (χ3n) is 3.45. The molecule has 2 aromatic heterocycles. The molecule has 0 radical (unpaired) electrons. The minimum Gasteiger partial charge on any atom is -0.327 e. The highest BCUT2D eigenvalue weighted by Gasteiger charge is 2.32. The molecule has 3 heterocycles. The summed E-state index contributed by atoms with van der Waals surface area (Å²) in [6, 6.07) is 6.32. The Morgan fingerprint density at radius 3 is 2.86 bits per heavy atom. The SMILES string of the molecule is C.Cc1ccc(-c2nc3n(n2)C(c2nccs2)N3)c(C)c1. The van der Waals surface area contributed by atoms with Crippen molar-refractivity contribution in [3.8, 4) is 11.4 Å². The first-order valence-corrected chi connectivity index (χ1v) is 7.30. The molecule has 5 nitrogen and oxygen atoms in total. The van der Waals surface area contributed by atoms with E-state index in [2.05, 4.69) is 52.4 Å². The van der Waals surface area contributed by atoms with E-state index in [1.165, 1.54) is 11.1 Å². The smallest absolute Gasteiger partial charge is 0.226 e. The summed E-state index contributed by atoms with van der Waals surface area (Å²) in [5.41, 5.74) is 3.53. The predicted molar refractivity (Wildman–Crippen MR) is 85.5 cm³/mol. The molecule has 1 unspecified atom stereocenters. The van der Waals surface area contributed by atoms with Crippen molar-refractivity contribution in [3.05, 3.63) is 45.9 Å². The van der Waals surface area contributed by atoms with Gasteiger partial charge in [-0.2, -0.15) is 4.98 Å². The first-order chi connectivity index (χ1) is 9.72. The second kappa shape index (κ2) is 4.96. The Hall–Kier alpha value is -2.21. The number of benzene rings is 1. The number of rotatable bonds is 2. The molecule has 1 N–H and O–H groups in total. The molecule has 6 heteroatoms. The topological polar surface area (TPSA) is 55.6 Å². The normalized spacial score (nSPS) is 15.6. The van der Waals surface area contributed by atoms with Crippen LogP contribution >= 0.6 is 11.3 Å². The lowest BCUT2D eigenvalue weighted by Crippen LogP contribution is -2.32. The van der Waals surface area contributed by atoms with Crippen LogP contribution < -0.4 is 5.32 Å². The van der Waals surface area contributed by atoms with E-state index in [0.29, 0.717) is 0 Å². The Morgan fingerprint density at radius 2 is 2.14 bits per heavy atom. The van der Waals surface area contributed by atoms with E-state index in [1.54, 1.807) is 11.3 Å². The molecule has 3 aromatic rings.